The number of nitrogens with two attached hydrogens (primary N) is 3. The van der Waals surface area contributed by atoms with Crippen molar-refractivity contribution in [2.75, 3.05) is 36.1 Å². The lowest BCUT2D eigenvalue weighted by Gasteiger charge is -2.08. The van der Waals surface area contributed by atoms with E-state index < -0.39 is 15.0 Å². The average molecular weight is 937 g/mol. The second-order valence-corrected chi connectivity index (χ2v) is 16.4. The van der Waals surface area contributed by atoms with E-state index in [1.807, 2.05) is 84.9 Å². The Morgan fingerprint density at radius 3 is 1.59 bits per heavy atom. The highest BCUT2D eigenvalue weighted by Gasteiger charge is 2.19. The zero-order chi connectivity index (χ0) is 47.3. The number of aromatic nitrogens is 12. The predicted octanol–water partition coefficient (Wildman–Crippen LogP) is 4.92. The molecule has 0 radical (unpaired) electrons. The molecule has 0 aliphatic heterocycles. The van der Waals surface area contributed by atoms with Crippen LogP contribution in [0, 0.1) is 0 Å². The molecule has 0 unspecified atom stereocenters. The Bertz CT molecular complexity index is 3260. The van der Waals surface area contributed by atoms with Crippen LogP contribution in [0.15, 0.2) is 148 Å². The van der Waals surface area contributed by atoms with Crippen molar-refractivity contribution in [3.05, 3.63) is 157 Å². The van der Waals surface area contributed by atoms with Crippen molar-refractivity contribution < 1.29 is 26.7 Å². The van der Waals surface area contributed by atoms with Crippen molar-refractivity contribution in [1.82, 2.24) is 59.1 Å². The Balaban J connectivity index is 0.000000148. The van der Waals surface area contributed by atoms with Gasteiger partial charge in [-0.1, -0.05) is 36.4 Å². The first-order chi connectivity index (χ1) is 33.1. The maximum Gasteiger partial charge on any atom is 0.259 e. The van der Waals surface area contributed by atoms with Gasteiger partial charge in [0, 0.05) is 25.2 Å². The van der Waals surface area contributed by atoms with E-state index in [-0.39, 0.29) is 23.5 Å². The summed E-state index contributed by atoms with van der Waals surface area (Å²) in [5.74, 6) is 4.12. The Hall–Kier alpha value is -8.83. The molecule has 0 aliphatic carbocycles. The van der Waals surface area contributed by atoms with E-state index in [1.54, 1.807) is 42.9 Å². The molecule has 0 bridgehead atoms. The summed E-state index contributed by atoms with van der Waals surface area (Å²) in [4.78, 5) is 33.0. The number of sulfone groups is 1. The molecule has 0 amide bonds. The number of nitrogen functional groups attached to an aromatic ring is 2. The van der Waals surface area contributed by atoms with Gasteiger partial charge in [-0.15, -0.1) is 10.2 Å². The molecule has 0 spiro atoms. The van der Waals surface area contributed by atoms with Gasteiger partial charge >= 0.3 is 0 Å². The minimum absolute atomic E-state index is 0.0410. The summed E-state index contributed by atoms with van der Waals surface area (Å²) < 4.78 is 47.2. The van der Waals surface area contributed by atoms with Crippen LogP contribution in [0.2, 0.25) is 0 Å². The highest BCUT2D eigenvalue weighted by atomic mass is 32.2. The van der Waals surface area contributed by atoms with Crippen LogP contribution in [0.3, 0.4) is 0 Å². The van der Waals surface area contributed by atoms with Crippen LogP contribution in [0.4, 0.5) is 17.8 Å². The molecule has 346 valence electrons. The van der Waals surface area contributed by atoms with Crippen molar-refractivity contribution in [2.24, 2.45) is 5.73 Å². The molecule has 8 heterocycles. The van der Waals surface area contributed by atoms with Gasteiger partial charge in [-0.2, -0.15) is 38.9 Å². The van der Waals surface area contributed by atoms with Crippen molar-refractivity contribution in [2.45, 2.75) is 31.2 Å². The van der Waals surface area contributed by atoms with Crippen LogP contribution < -0.4 is 32.0 Å². The van der Waals surface area contributed by atoms with Crippen molar-refractivity contribution >= 4 is 39.2 Å². The van der Waals surface area contributed by atoms with Crippen LogP contribution >= 0.6 is 0 Å². The molecular formula is C45H44N16O6S. The minimum Gasteiger partial charge on any atom is -0.487 e. The molecular weight excluding hydrogens is 893 g/mol. The maximum atomic E-state index is 11.4. The number of pyridine rings is 2. The van der Waals surface area contributed by atoms with Crippen LogP contribution in [0.25, 0.3) is 34.7 Å². The highest BCUT2D eigenvalue weighted by molar-refractivity contribution is 7.90. The lowest BCUT2D eigenvalue weighted by atomic mass is 10.1. The number of rotatable bonds is 15. The van der Waals surface area contributed by atoms with Gasteiger partial charge in [-0.05, 0) is 103 Å². The zero-order valence-electron chi connectivity index (χ0n) is 36.4. The monoisotopic (exact) mass is 936 g/mol. The molecule has 0 aliphatic rings. The largest absolute Gasteiger partial charge is 0.487 e. The van der Waals surface area contributed by atoms with E-state index >= 15 is 0 Å². The molecule has 0 atom stereocenters. The van der Waals surface area contributed by atoms with Crippen molar-refractivity contribution in [3.8, 4) is 34.7 Å². The van der Waals surface area contributed by atoms with E-state index in [1.165, 1.54) is 16.3 Å². The normalized spacial score (nSPS) is 11.1. The van der Waals surface area contributed by atoms with Crippen LogP contribution in [-0.4, -0.2) is 86.9 Å². The molecule has 0 saturated heterocycles. The number of anilines is 3. The fourth-order valence-corrected chi connectivity index (χ4v) is 6.63. The van der Waals surface area contributed by atoms with Crippen molar-refractivity contribution in [3.63, 3.8) is 0 Å². The Kier molecular flexibility index (Phi) is 14.4. The third-order valence-electron chi connectivity index (χ3n) is 9.46. The first-order valence-electron chi connectivity index (χ1n) is 20.8. The Labute approximate surface area is 388 Å². The fraction of sp³-hybridized carbons (Fsp3) is 0.156. The van der Waals surface area contributed by atoms with Gasteiger partial charge in [0.2, 0.25) is 39.3 Å². The summed E-state index contributed by atoms with van der Waals surface area (Å²) >= 11 is 0. The summed E-state index contributed by atoms with van der Waals surface area (Å²) in [6.07, 6.45) is 9.22. The highest BCUT2D eigenvalue weighted by Crippen LogP contribution is 2.20. The zero-order valence-corrected chi connectivity index (χ0v) is 37.2. The number of ether oxygens (including phenoxy) is 2. The van der Waals surface area contributed by atoms with E-state index in [2.05, 4.69) is 55.4 Å². The molecule has 2 aromatic carbocycles. The number of nitrogens with zero attached hydrogens (tertiary/aromatic N) is 12. The number of furan rings is 2. The maximum absolute atomic E-state index is 11.4. The summed E-state index contributed by atoms with van der Waals surface area (Å²) in [5, 5.41) is 11.1. The smallest absolute Gasteiger partial charge is 0.259 e. The summed E-state index contributed by atoms with van der Waals surface area (Å²) in [6, 6.07) is 34.4. The molecule has 68 heavy (non-hydrogen) atoms. The molecule has 10 aromatic rings. The standard InChI is InChI=1S/C22H20N8O2.C14H16N2O.C9H8N6O3S/c23-20-27-21(28-22-26-19(29-30(20)22)18-5-3-13-31-18)25-12-10-15-6-8-17(9-7-15)32-14-16-4-1-2-11-24-16;15-9-8-12-4-6-14(7-5-12)17-11-13-3-1-2-10-16-13;1-19(16,17)9-12-7(10)15-8(13-9)11-6(14-15)5-3-2-4-18-5/h1-9,11,13H,10,12,14H2,(H3,23,25,26,27,28,29);1-7,10H,8-9,11,15H2;2-4H,1H3,(H2,10,11,12,13,14). The SMILES string of the molecule is CS(=O)(=O)c1nc(N)n2nc(-c3ccco3)nc2n1.NCCc1ccc(OCc2ccccn2)cc1.Nc1nc(NCCc2ccc(OCc3ccccn3)cc2)nc2nc(-c3ccco3)nn12. The summed E-state index contributed by atoms with van der Waals surface area (Å²) in [6.45, 7) is 2.24. The van der Waals surface area contributed by atoms with Crippen LogP contribution in [-0.2, 0) is 35.9 Å². The van der Waals surface area contributed by atoms with Gasteiger partial charge in [0.1, 0.15) is 24.7 Å². The molecule has 10 rings (SSSR count). The van der Waals surface area contributed by atoms with Gasteiger partial charge in [-0.25, -0.2) is 8.42 Å². The van der Waals surface area contributed by atoms with E-state index in [9.17, 15) is 8.42 Å². The number of fused-ring (bicyclic) bond motifs is 2. The lowest BCUT2D eigenvalue weighted by Crippen LogP contribution is -2.12. The number of hydrogen-bond acceptors (Lipinski definition) is 20. The van der Waals surface area contributed by atoms with Gasteiger partial charge in [0.25, 0.3) is 16.7 Å². The van der Waals surface area contributed by atoms with Crippen LogP contribution in [0.5, 0.6) is 11.5 Å². The van der Waals surface area contributed by atoms with E-state index in [4.69, 9.17) is 35.5 Å². The van der Waals surface area contributed by atoms with E-state index in [0.29, 0.717) is 55.4 Å². The number of hydrogen-bond donors (Lipinski definition) is 4. The van der Waals surface area contributed by atoms with Gasteiger partial charge in [0.15, 0.2) is 11.5 Å². The Morgan fingerprint density at radius 2 is 1.12 bits per heavy atom. The molecule has 7 N–H and O–H groups in total. The van der Waals surface area contributed by atoms with Crippen LogP contribution in [0.1, 0.15) is 22.5 Å². The fourth-order valence-electron chi connectivity index (χ4n) is 6.13. The second kappa shape index (κ2) is 21.4. The molecule has 0 saturated carbocycles. The Morgan fingerprint density at radius 1 is 0.603 bits per heavy atom. The lowest BCUT2D eigenvalue weighted by molar-refractivity contribution is 0.301. The van der Waals surface area contributed by atoms with Gasteiger partial charge in [0.05, 0.1) is 23.9 Å². The third-order valence-corrected chi connectivity index (χ3v) is 10.3. The van der Waals surface area contributed by atoms with Crippen molar-refractivity contribution in [1.29, 1.82) is 0 Å². The second-order valence-electron chi connectivity index (χ2n) is 14.5. The molecule has 22 nitrogen and oxygen atoms in total. The number of nitrogens with one attached hydrogen (secondary N) is 1. The van der Waals surface area contributed by atoms with Gasteiger partial charge < -0.3 is 40.8 Å². The predicted molar refractivity (Wildman–Crippen MR) is 249 cm³/mol. The summed E-state index contributed by atoms with van der Waals surface area (Å²) in [5.41, 5.74) is 21.3. The topological polar surface area (TPSA) is 307 Å². The number of benzene rings is 2. The molecule has 8 aromatic heterocycles. The first kappa shape index (κ1) is 45.7. The van der Waals surface area contributed by atoms with Gasteiger partial charge in [-0.3, -0.25) is 9.97 Å². The molecule has 0 fully saturated rings. The minimum atomic E-state index is -3.57. The quantitative estimate of drug-likeness (QED) is 0.106. The van der Waals surface area contributed by atoms with E-state index in [0.717, 1.165) is 52.1 Å². The average Bonchev–Trinajstić information content (AvgIpc) is 4.20. The molecule has 23 heteroatoms. The summed E-state index contributed by atoms with van der Waals surface area (Å²) in [7, 11) is -3.57. The first-order valence-corrected chi connectivity index (χ1v) is 22.7. The third kappa shape index (κ3) is 12.1.